The highest BCUT2D eigenvalue weighted by molar-refractivity contribution is 9.10. The fraction of sp³-hybridized carbons (Fsp3) is 0.214. The number of aromatic nitrogens is 6. The number of rotatable bonds is 3. The molecule has 9 nitrogen and oxygen atoms in total. The van der Waals surface area contributed by atoms with Crippen molar-refractivity contribution in [2.75, 3.05) is 12.4 Å². The molecule has 18 heteroatoms. The topological polar surface area (TPSA) is 124 Å². The number of aryl methyl sites for hydroxylation is 3. The molecule has 3 aromatic heterocycles. The van der Waals surface area contributed by atoms with E-state index in [1.807, 2.05) is 0 Å². The maximum atomic E-state index is 14.0. The van der Waals surface area contributed by atoms with Gasteiger partial charge in [0.2, 0.25) is 0 Å². The number of primary amides is 1. The quantitative estimate of drug-likeness (QED) is 0.192. The SMILES string of the molecule is CNc1nnc(C(F)(F)F)cc1Br.Cc1ccc(-c2nc3cc(C(F)(F)F)nnc3n2C)c(F)c1.Cc1ccc(C(N)=O)c(F)c1. The van der Waals surface area contributed by atoms with E-state index in [0.717, 1.165) is 23.3 Å². The number of anilines is 1. The Morgan fingerprint density at radius 1 is 0.826 bits per heavy atom. The van der Waals surface area contributed by atoms with E-state index < -0.39 is 41.3 Å². The number of halogens is 9. The summed E-state index contributed by atoms with van der Waals surface area (Å²) in [4.78, 5) is 14.6. The monoisotopic (exact) mass is 718 g/mol. The summed E-state index contributed by atoms with van der Waals surface area (Å²) in [5, 5.41) is 15.6. The number of nitrogens with one attached hydrogen (secondary N) is 1. The van der Waals surface area contributed by atoms with Gasteiger partial charge in [0.1, 0.15) is 23.0 Å². The molecular weight excluding hydrogens is 696 g/mol. The van der Waals surface area contributed by atoms with Gasteiger partial charge in [0.05, 0.1) is 15.6 Å². The zero-order chi connectivity index (χ0) is 34.6. The number of carbonyl (C=O) groups excluding carboxylic acids is 1. The van der Waals surface area contributed by atoms with Gasteiger partial charge >= 0.3 is 12.4 Å². The van der Waals surface area contributed by atoms with E-state index in [-0.39, 0.29) is 38.4 Å². The minimum absolute atomic E-state index is 0.0137. The van der Waals surface area contributed by atoms with Gasteiger partial charge < -0.3 is 15.6 Å². The Bertz CT molecular complexity index is 1880. The summed E-state index contributed by atoms with van der Waals surface area (Å²) in [6.45, 7) is 3.48. The number of alkyl halides is 6. The summed E-state index contributed by atoms with van der Waals surface area (Å²) in [6.07, 6.45) is -9.06. The normalized spacial score (nSPS) is 11.3. The van der Waals surface area contributed by atoms with Gasteiger partial charge in [-0.3, -0.25) is 4.79 Å². The molecule has 244 valence electrons. The molecule has 0 aliphatic heterocycles. The van der Waals surface area contributed by atoms with E-state index in [0.29, 0.717) is 0 Å². The van der Waals surface area contributed by atoms with Crippen molar-refractivity contribution in [3.05, 3.63) is 92.7 Å². The molecule has 1 amide bonds. The zero-order valence-corrected chi connectivity index (χ0v) is 25.8. The summed E-state index contributed by atoms with van der Waals surface area (Å²) in [6, 6.07) is 10.5. The van der Waals surface area contributed by atoms with Crippen molar-refractivity contribution in [1.29, 1.82) is 0 Å². The lowest BCUT2D eigenvalue weighted by molar-refractivity contribution is -0.142. The van der Waals surface area contributed by atoms with Crippen LogP contribution >= 0.6 is 15.9 Å². The second-order valence-corrected chi connectivity index (χ2v) is 10.3. The molecule has 0 spiro atoms. The third kappa shape index (κ3) is 8.70. The van der Waals surface area contributed by atoms with Crippen LogP contribution in [-0.4, -0.2) is 42.9 Å². The maximum Gasteiger partial charge on any atom is 0.435 e. The van der Waals surface area contributed by atoms with E-state index in [1.54, 1.807) is 40.1 Å². The summed E-state index contributed by atoms with van der Waals surface area (Å²) in [5.74, 6) is -1.32. The molecular formula is C28H23BrF8N8O. The van der Waals surface area contributed by atoms with Crippen LogP contribution in [0.25, 0.3) is 22.6 Å². The van der Waals surface area contributed by atoms with Gasteiger partial charge in [-0.2, -0.15) is 26.3 Å². The standard InChI is InChI=1S/C14H10F4N4.C8H8FNO.C6H5BrF3N3/c1-7-3-4-8(9(15)5-7)12-19-10-6-11(14(16,17)18)20-21-13(10)22(12)2;1-5-2-3-6(8(10)11)7(9)4-5;1-11-5-3(7)2-4(12-13-5)6(8,9)10/h3-6H,1-2H3;2-4H,1H3,(H2,10,11);2H,1H3,(H,11,13). The smallest absolute Gasteiger partial charge is 0.371 e. The molecule has 3 N–H and O–H groups in total. The molecule has 5 aromatic rings. The molecule has 2 aromatic carbocycles. The highest BCUT2D eigenvalue weighted by Gasteiger charge is 2.34. The first-order valence-corrected chi connectivity index (χ1v) is 13.5. The largest absolute Gasteiger partial charge is 0.435 e. The van der Waals surface area contributed by atoms with E-state index in [9.17, 15) is 39.9 Å². The van der Waals surface area contributed by atoms with Crippen molar-refractivity contribution in [2.24, 2.45) is 12.8 Å². The summed E-state index contributed by atoms with van der Waals surface area (Å²) >= 11 is 2.93. The van der Waals surface area contributed by atoms with Crippen molar-refractivity contribution in [1.82, 2.24) is 29.9 Å². The predicted octanol–water partition coefficient (Wildman–Crippen LogP) is 7.03. The first-order valence-electron chi connectivity index (χ1n) is 12.7. The highest BCUT2D eigenvalue weighted by Crippen LogP contribution is 2.32. The highest BCUT2D eigenvalue weighted by atomic mass is 79.9. The number of hydrogen-bond acceptors (Lipinski definition) is 7. The van der Waals surface area contributed by atoms with E-state index in [2.05, 4.69) is 46.6 Å². The predicted molar refractivity (Wildman–Crippen MR) is 155 cm³/mol. The number of hydrogen-bond donors (Lipinski definition) is 2. The minimum atomic E-state index is -4.60. The maximum absolute atomic E-state index is 14.0. The first kappa shape index (κ1) is 35.7. The van der Waals surface area contributed by atoms with Gasteiger partial charge in [0, 0.05) is 20.2 Å². The lowest BCUT2D eigenvalue weighted by Gasteiger charge is -2.06. The number of imidazole rings is 1. The van der Waals surface area contributed by atoms with Gasteiger partial charge in [0.25, 0.3) is 5.91 Å². The number of benzene rings is 2. The molecule has 0 aliphatic rings. The third-order valence-electron chi connectivity index (χ3n) is 5.94. The Balaban J connectivity index is 0.000000205. The summed E-state index contributed by atoms with van der Waals surface area (Å²) in [7, 11) is 3.09. The second-order valence-electron chi connectivity index (χ2n) is 9.44. The van der Waals surface area contributed by atoms with Crippen LogP contribution in [0, 0.1) is 25.5 Å². The van der Waals surface area contributed by atoms with E-state index in [4.69, 9.17) is 5.73 Å². The van der Waals surface area contributed by atoms with Crippen molar-refractivity contribution in [3.63, 3.8) is 0 Å². The molecule has 0 saturated heterocycles. The van der Waals surface area contributed by atoms with Crippen LogP contribution in [-0.2, 0) is 19.4 Å². The molecule has 0 unspecified atom stereocenters. The van der Waals surface area contributed by atoms with Crippen LogP contribution in [0.2, 0.25) is 0 Å². The van der Waals surface area contributed by atoms with Gasteiger partial charge in [-0.15, -0.1) is 20.4 Å². The number of amides is 1. The molecule has 0 fully saturated rings. The molecule has 0 atom stereocenters. The van der Waals surface area contributed by atoms with Gasteiger partial charge in [-0.05, 0) is 71.2 Å². The van der Waals surface area contributed by atoms with Crippen molar-refractivity contribution >= 4 is 38.8 Å². The number of fused-ring (bicyclic) bond motifs is 1. The van der Waals surface area contributed by atoms with Crippen molar-refractivity contribution < 1.29 is 39.9 Å². The average molecular weight is 719 g/mol. The Kier molecular flexibility index (Phi) is 11.0. The minimum Gasteiger partial charge on any atom is -0.371 e. The molecule has 0 bridgehead atoms. The molecule has 0 aliphatic carbocycles. The van der Waals surface area contributed by atoms with Crippen molar-refractivity contribution in [2.45, 2.75) is 26.2 Å². The Morgan fingerprint density at radius 2 is 1.37 bits per heavy atom. The molecule has 0 saturated carbocycles. The van der Waals surface area contributed by atoms with Gasteiger partial charge in [-0.25, -0.2) is 13.8 Å². The fourth-order valence-corrected chi connectivity index (χ4v) is 4.16. The Labute approximate surface area is 264 Å². The average Bonchev–Trinajstić information content (AvgIpc) is 3.28. The Morgan fingerprint density at radius 3 is 1.87 bits per heavy atom. The van der Waals surface area contributed by atoms with Gasteiger partial charge in [0.15, 0.2) is 22.9 Å². The van der Waals surface area contributed by atoms with Crippen LogP contribution in [0.4, 0.5) is 40.9 Å². The lowest BCUT2D eigenvalue weighted by Crippen LogP contribution is -2.12. The van der Waals surface area contributed by atoms with E-state index >= 15 is 0 Å². The molecule has 5 rings (SSSR count). The lowest BCUT2D eigenvalue weighted by atomic mass is 10.1. The van der Waals surface area contributed by atoms with Crippen LogP contribution in [0.5, 0.6) is 0 Å². The number of nitrogens with zero attached hydrogens (tertiary/aromatic N) is 6. The first-order chi connectivity index (χ1) is 21.3. The summed E-state index contributed by atoms with van der Waals surface area (Å²) < 4.78 is 103. The summed E-state index contributed by atoms with van der Waals surface area (Å²) in [5.41, 5.74) is 4.55. The van der Waals surface area contributed by atoms with Crippen molar-refractivity contribution in [3.8, 4) is 11.4 Å². The van der Waals surface area contributed by atoms with Crippen LogP contribution < -0.4 is 11.1 Å². The van der Waals surface area contributed by atoms with Crippen LogP contribution in [0.3, 0.4) is 0 Å². The number of carbonyl (C=O) groups is 1. The third-order valence-corrected chi connectivity index (χ3v) is 6.54. The second kappa shape index (κ2) is 14.1. The van der Waals surface area contributed by atoms with Crippen LogP contribution in [0.15, 0.2) is 53.0 Å². The molecule has 46 heavy (non-hydrogen) atoms. The number of nitrogens with two attached hydrogens (primary N) is 1. The van der Waals surface area contributed by atoms with E-state index in [1.165, 1.54) is 28.8 Å². The van der Waals surface area contributed by atoms with Gasteiger partial charge in [-0.1, -0.05) is 12.1 Å². The fourth-order valence-electron chi connectivity index (χ4n) is 3.66. The molecule has 0 radical (unpaired) electrons. The molecule has 3 heterocycles. The Hall–Kier alpha value is -4.74. The van der Waals surface area contributed by atoms with Crippen LogP contribution in [0.1, 0.15) is 32.9 Å². The zero-order valence-electron chi connectivity index (χ0n) is 24.2.